The third-order valence-electron chi connectivity index (χ3n) is 3.83. The second-order valence-corrected chi connectivity index (χ2v) is 6.34. The number of carbonyl (C=O) groups is 1. The smallest absolute Gasteiger partial charge is 0.193 e. The summed E-state index contributed by atoms with van der Waals surface area (Å²) in [5.41, 5.74) is 2.67. The van der Waals surface area contributed by atoms with Gasteiger partial charge in [-0.2, -0.15) is 0 Å². The van der Waals surface area contributed by atoms with Crippen LogP contribution in [-0.2, 0) is 11.3 Å². The van der Waals surface area contributed by atoms with Crippen molar-refractivity contribution >= 4 is 21.7 Å². The van der Waals surface area contributed by atoms with Crippen LogP contribution in [0.1, 0.15) is 21.5 Å². The minimum Gasteiger partial charge on any atom is -0.379 e. The second kappa shape index (κ2) is 7.18. The number of carbonyl (C=O) groups excluding carboxylic acids is 1. The molecule has 0 aromatic heterocycles. The Balaban J connectivity index is 1.68. The number of halogens is 1. The van der Waals surface area contributed by atoms with Gasteiger partial charge in [-0.1, -0.05) is 40.2 Å². The minimum absolute atomic E-state index is 0.0606. The maximum absolute atomic E-state index is 12.4. The van der Waals surface area contributed by atoms with E-state index in [1.807, 2.05) is 48.5 Å². The molecule has 3 nitrogen and oxygen atoms in total. The molecule has 0 amide bonds. The summed E-state index contributed by atoms with van der Waals surface area (Å²) in [7, 11) is 0. The molecule has 0 atom stereocenters. The van der Waals surface area contributed by atoms with Crippen LogP contribution in [0.4, 0.5) is 0 Å². The summed E-state index contributed by atoms with van der Waals surface area (Å²) in [5, 5.41) is 0. The number of hydrogen-bond acceptors (Lipinski definition) is 3. The lowest BCUT2D eigenvalue weighted by atomic mass is 10.0. The molecule has 114 valence electrons. The third kappa shape index (κ3) is 3.83. The highest BCUT2D eigenvalue weighted by Crippen LogP contribution is 2.16. The van der Waals surface area contributed by atoms with Crippen LogP contribution < -0.4 is 0 Å². The van der Waals surface area contributed by atoms with Crippen LogP contribution in [0, 0.1) is 0 Å². The maximum Gasteiger partial charge on any atom is 0.193 e. The summed E-state index contributed by atoms with van der Waals surface area (Å²) in [4.78, 5) is 14.8. The van der Waals surface area contributed by atoms with Gasteiger partial charge in [-0.15, -0.1) is 0 Å². The molecule has 1 saturated heterocycles. The Bertz CT molecular complexity index is 631. The summed E-state index contributed by atoms with van der Waals surface area (Å²) in [5.74, 6) is 0.0606. The van der Waals surface area contributed by atoms with Gasteiger partial charge < -0.3 is 4.74 Å². The van der Waals surface area contributed by atoms with Crippen LogP contribution in [0.2, 0.25) is 0 Å². The molecule has 2 aromatic carbocycles. The number of benzene rings is 2. The summed E-state index contributed by atoms with van der Waals surface area (Å²) in [6.07, 6.45) is 0. The topological polar surface area (TPSA) is 29.5 Å². The predicted octanol–water partition coefficient (Wildman–Crippen LogP) is 3.51. The van der Waals surface area contributed by atoms with E-state index in [0.29, 0.717) is 5.56 Å². The summed E-state index contributed by atoms with van der Waals surface area (Å²) in [6.45, 7) is 4.47. The normalized spacial score (nSPS) is 15.7. The van der Waals surface area contributed by atoms with Gasteiger partial charge in [0.1, 0.15) is 0 Å². The highest BCUT2D eigenvalue weighted by Gasteiger charge is 2.12. The Morgan fingerprint density at radius 3 is 2.09 bits per heavy atom. The summed E-state index contributed by atoms with van der Waals surface area (Å²) < 4.78 is 6.33. The van der Waals surface area contributed by atoms with E-state index in [0.717, 1.165) is 42.9 Å². The summed E-state index contributed by atoms with van der Waals surface area (Å²) in [6, 6.07) is 15.4. The fraction of sp³-hybridized carbons (Fsp3) is 0.278. The average molecular weight is 360 g/mol. The van der Waals surface area contributed by atoms with Crippen molar-refractivity contribution in [2.24, 2.45) is 0 Å². The number of hydrogen-bond donors (Lipinski definition) is 0. The molecule has 4 heteroatoms. The second-order valence-electron chi connectivity index (χ2n) is 5.42. The SMILES string of the molecule is O=C(c1ccc(Br)cc1)c1ccc(CN2CCOCC2)cc1. The van der Waals surface area contributed by atoms with E-state index in [-0.39, 0.29) is 5.78 Å². The molecule has 0 saturated carbocycles. The summed E-state index contributed by atoms with van der Waals surface area (Å²) >= 11 is 3.38. The zero-order chi connectivity index (χ0) is 15.4. The number of ether oxygens (including phenoxy) is 1. The van der Waals surface area contributed by atoms with Crippen LogP contribution >= 0.6 is 15.9 Å². The zero-order valence-electron chi connectivity index (χ0n) is 12.3. The van der Waals surface area contributed by atoms with E-state index in [1.165, 1.54) is 5.56 Å². The molecular weight excluding hydrogens is 342 g/mol. The van der Waals surface area contributed by atoms with E-state index in [1.54, 1.807) is 0 Å². The molecule has 1 aliphatic heterocycles. The van der Waals surface area contributed by atoms with Crippen LogP contribution in [0.15, 0.2) is 53.0 Å². The first-order valence-corrected chi connectivity index (χ1v) is 8.21. The fourth-order valence-corrected chi connectivity index (χ4v) is 2.81. The van der Waals surface area contributed by atoms with E-state index in [4.69, 9.17) is 4.74 Å². The standard InChI is InChI=1S/C18H18BrNO2/c19-17-7-5-16(6-8-17)18(21)15-3-1-14(2-4-15)13-20-9-11-22-12-10-20/h1-8H,9-13H2. The highest BCUT2D eigenvalue weighted by atomic mass is 79.9. The number of morpholine rings is 1. The monoisotopic (exact) mass is 359 g/mol. The molecule has 1 fully saturated rings. The van der Waals surface area contributed by atoms with Gasteiger partial charge in [0.2, 0.25) is 0 Å². The van der Waals surface area contributed by atoms with Crippen LogP contribution in [-0.4, -0.2) is 37.0 Å². The lowest BCUT2D eigenvalue weighted by Gasteiger charge is -2.26. The van der Waals surface area contributed by atoms with Crippen molar-refractivity contribution in [1.29, 1.82) is 0 Å². The fourth-order valence-electron chi connectivity index (χ4n) is 2.55. The van der Waals surface area contributed by atoms with E-state index >= 15 is 0 Å². The van der Waals surface area contributed by atoms with Gasteiger partial charge >= 0.3 is 0 Å². The lowest BCUT2D eigenvalue weighted by Crippen LogP contribution is -2.35. The first-order chi connectivity index (χ1) is 10.7. The van der Waals surface area contributed by atoms with Crippen LogP contribution in [0.25, 0.3) is 0 Å². The minimum atomic E-state index is 0.0606. The molecule has 1 heterocycles. The predicted molar refractivity (Wildman–Crippen MR) is 90.1 cm³/mol. The third-order valence-corrected chi connectivity index (χ3v) is 4.36. The van der Waals surface area contributed by atoms with Crippen molar-refractivity contribution in [2.75, 3.05) is 26.3 Å². The highest BCUT2D eigenvalue weighted by molar-refractivity contribution is 9.10. The van der Waals surface area contributed by atoms with Crippen molar-refractivity contribution < 1.29 is 9.53 Å². The Hall–Kier alpha value is -1.49. The van der Waals surface area contributed by atoms with Crippen LogP contribution in [0.5, 0.6) is 0 Å². The molecule has 0 unspecified atom stereocenters. The largest absolute Gasteiger partial charge is 0.379 e. The number of ketones is 1. The Kier molecular flexibility index (Phi) is 5.03. The Morgan fingerprint density at radius 2 is 1.50 bits per heavy atom. The lowest BCUT2D eigenvalue weighted by molar-refractivity contribution is 0.0342. The molecule has 1 aliphatic rings. The Labute approximate surface area is 139 Å². The molecule has 0 aliphatic carbocycles. The molecule has 3 rings (SSSR count). The van der Waals surface area contributed by atoms with Crippen molar-refractivity contribution in [1.82, 2.24) is 4.90 Å². The van der Waals surface area contributed by atoms with Gasteiger partial charge in [0.05, 0.1) is 13.2 Å². The van der Waals surface area contributed by atoms with Gasteiger partial charge in [-0.25, -0.2) is 0 Å². The van der Waals surface area contributed by atoms with Gasteiger partial charge in [-0.3, -0.25) is 9.69 Å². The molecule has 0 spiro atoms. The molecule has 0 bridgehead atoms. The van der Waals surface area contributed by atoms with Crippen molar-refractivity contribution in [2.45, 2.75) is 6.54 Å². The number of rotatable bonds is 4. The zero-order valence-corrected chi connectivity index (χ0v) is 13.9. The van der Waals surface area contributed by atoms with Gasteiger partial charge in [0.15, 0.2) is 5.78 Å². The van der Waals surface area contributed by atoms with Gasteiger partial charge in [0.25, 0.3) is 0 Å². The maximum atomic E-state index is 12.4. The quantitative estimate of drug-likeness (QED) is 0.782. The molecule has 0 radical (unpaired) electrons. The van der Waals surface area contributed by atoms with E-state index in [9.17, 15) is 4.79 Å². The Morgan fingerprint density at radius 1 is 0.955 bits per heavy atom. The molecule has 2 aromatic rings. The van der Waals surface area contributed by atoms with Gasteiger partial charge in [0, 0.05) is 35.2 Å². The first-order valence-electron chi connectivity index (χ1n) is 7.42. The molecular formula is C18H18BrNO2. The van der Waals surface area contributed by atoms with Crippen molar-refractivity contribution in [3.63, 3.8) is 0 Å². The average Bonchev–Trinajstić information content (AvgIpc) is 2.57. The van der Waals surface area contributed by atoms with Crippen LogP contribution in [0.3, 0.4) is 0 Å². The van der Waals surface area contributed by atoms with Crippen molar-refractivity contribution in [3.8, 4) is 0 Å². The van der Waals surface area contributed by atoms with E-state index < -0.39 is 0 Å². The van der Waals surface area contributed by atoms with Gasteiger partial charge in [-0.05, 0) is 29.8 Å². The molecule has 22 heavy (non-hydrogen) atoms. The first kappa shape index (κ1) is 15.4. The van der Waals surface area contributed by atoms with Crippen molar-refractivity contribution in [3.05, 3.63) is 69.7 Å². The molecule has 0 N–H and O–H groups in total. The number of nitrogens with zero attached hydrogens (tertiary/aromatic N) is 1. The van der Waals surface area contributed by atoms with E-state index in [2.05, 4.69) is 20.8 Å².